The quantitative estimate of drug-likeness (QED) is 0.612. The van der Waals surface area contributed by atoms with Crippen molar-refractivity contribution >= 4 is 5.91 Å². The van der Waals surface area contributed by atoms with Crippen molar-refractivity contribution in [3.8, 4) is 17.3 Å². The van der Waals surface area contributed by atoms with Gasteiger partial charge in [0.15, 0.2) is 0 Å². The number of imidazole rings is 1. The SMILES string of the molecule is COc1ccc(C(NC(=O)c2cccc(-c3ncc[nH]3)c2)C2CC(O)C2)cn1. The lowest BCUT2D eigenvalue weighted by molar-refractivity contribution is 0.0234. The number of methoxy groups -OCH3 is 1. The first-order chi connectivity index (χ1) is 13.6. The molecule has 0 radical (unpaired) electrons. The Balaban J connectivity index is 1.56. The molecular weight excluding hydrogens is 356 g/mol. The molecule has 28 heavy (non-hydrogen) atoms. The number of aromatic amines is 1. The Morgan fingerprint density at radius 1 is 1.29 bits per heavy atom. The number of nitrogens with one attached hydrogen (secondary N) is 2. The summed E-state index contributed by atoms with van der Waals surface area (Å²) >= 11 is 0. The van der Waals surface area contributed by atoms with Gasteiger partial charge in [-0.25, -0.2) is 9.97 Å². The molecule has 1 amide bonds. The zero-order valence-electron chi connectivity index (χ0n) is 15.5. The Kier molecular flexibility index (Phi) is 5.08. The number of amides is 1. The molecule has 7 heteroatoms. The molecule has 3 aromatic rings. The van der Waals surface area contributed by atoms with Gasteiger partial charge in [-0.1, -0.05) is 18.2 Å². The molecule has 144 valence electrons. The third-order valence-corrected chi connectivity index (χ3v) is 5.13. The highest BCUT2D eigenvalue weighted by Gasteiger charge is 2.36. The van der Waals surface area contributed by atoms with Crippen LogP contribution in [0.5, 0.6) is 5.88 Å². The van der Waals surface area contributed by atoms with Crippen molar-refractivity contribution in [2.24, 2.45) is 5.92 Å². The highest BCUT2D eigenvalue weighted by molar-refractivity contribution is 5.95. The second-order valence-electron chi connectivity index (χ2n) is 6.99. The summed E-state index contributed by atoms with van der Waals surface area (Å²) in [5.74, 6) is 1.24. The molecule has 3 N–H and O–H groups in total. The lowest BCUT2D eigenvalue weighted by Gasteiger charge is -2.38. The van der Waals surface area contributed by atoms with Crippen molar-refractivity contribution in [2.45, 2.75) is 25.0 Å². The summed E-state index contributed by atoms with van der Waals surface area (Å²) in [5.41, 5.74) is 2.30. The van der Waals surface area contributed by atoms with Gasteiger partial charge in [-0.3, -0.25) is 4.79 Å². The van der Waals surface area contributed by atoms with Crippen molar-refractivity contribution < 1.29 is 14.6 Å². The Morgan fingerprint density at radius 2 is 2.14 bits per heavy atom. The molecule has 2 aromatic heterocycles. The van der Waals surface area contributed by atoms with E-state index in [1.165, 1.54) is 0 Å². The predicted octanol–water partition coefficient (Wildman–Crippen LogP) is 2.72. The molecule has 7 nitrogen and oxygen atoms in total. The van der Waals surface area contributed by atoms with E-state index in [0.717, 1.165) is 11.1 Å². The second-order valence-corrected chi connectivity index (χ2v) is 6.99. The summed E-state index contributed by atoms with van der Waals surface area (Å²) in [6.45, 7) is 0. The van der Waals surface area contributed by atoms with Crippen LogP contribution in [-0.2, 0) is 0 Å². The fraction of sp³-hybridized carbons (Fsp3) is 0.286. The maximum absolute atomic E-state index is 13.0. The number of H-pyrrole nitrogens is 1. The van der Waals surface area contributed by atoms with Crippen LogP contribution in [0, 0.1) is 5.92 Å². The van der Waals surface area contributed by atoms with Gasteiger partial charge in [0.25, 0.3) is 5.91 Å². The molecule has 1 saturated carbocycles. The minimum absolute atomic E-state index is 0.169. The van der Waals surface area contributed by atoms with Gasteiger partial charge >= 0.3 is 0 Å². The zero-order chi connectivity index (χ0) is 19.5. The lowest BCUT2D eigenvalue weighted by atomic mass is 9.75. The molecule has 1 atom stereocenters. The number of hydrogen-bond acceptors (Lipinski definition) is 5. The van der Waals surface area contributed by atoms with Gasteiger partial charge in [0.1, 0.15) is 5.82 Å². The van der Waals surface area contributed by atoms with Crippen LogP contribution in [0.15, 0.2) is 55.0 Å². The largest absolute Gasteiger partial charge is 0.481 e. The Morgan fingerprint density at radius 3 is 2.79 bits per heavy atom. The Labute approximate surface area is 162 Å². The summed E-state index contributed by atoms with van der Waals surface area (Å²) in [5, 5.41) is 12.9. The van der Waals surface area contributed by atoms with Gasteiger partial charge in [-0.05, 0) is 36.5 Å². The van der Waals surface area contributed by atoms with Crippen LogP contribution in [0.3, 0.4) is 0 Å². The van der Waals surface area contributed by atoms with E-state index in [1.807, 2.05) is 24.3 Å². The van der Waals surface area contributed by atoms with Crippen LogP contribution < -0.4 is 10.1 Å². The van der Waals surface area contributed by atoms with E-state index >= 15 is 0 Å². The Bertz CT molecular complexity index is 935. The standard InChI is InChI=1S/C21H22N4O3/c1-28-18-6-5-15(12-24-18)19(16-10-17(26)11-16)25-21(27)14-4-2-3-13(9-14)20-22-7-8-23-20/h2-9,12,16-17,19,26H,10-11H2,1H3,(H,22,23)(H,25,27). The van der Waals surface area contributed by atoms with Crippen LogP contribution in [0.1, 0.15) is 34.8 Å². The lowest BCUT2D eigenvalue weighted by Crippen LogP contribution is -2.41. The Hall–Kier alpha value is -3.19. The van der Waals surface area contributed by atoms with Crippen LogP contribution >= 0.6 is 0 Å². The third kappa shape index (κ3) is 3.75. The number of carbonyl (C=O) groups is 1. The van der Waals surface area contributed by atoms with Gasteiger partial charge < -0.3 is 20.1 Å². The number of ether oxygens (including phenoxy) is 1. The van der Waals surface area contributed by atoms with Gasteiger partial charge in [-0.2, -0.15) is 0 Å². The molecule has 1 unspecified atom stereocenters. The number of rotatable bonds is 6. The first-order valence-electron chi connectivity index (χ1n) is 9.22. The van der Waals surface area contributed by atoms with Crippen molar-refractivity contribution in [3.05, 3.63) is 66.1 Å². The van der Waals surface area contributed by atoms with E-state index in [1.54, 1.807) is 37.8 Å². The van der Waals surface area contributed by atoms with Gasteiger partial charge in [0, 0.05) is 35.8 Å². The first kappa shape index (κ1) is 18.2. The molecule has 0 aliphatic heterocycles. The number of carbonyl (C=O) groups excluding carboxylic acids is 1. The molecule has 0 bridgehead atoms. The van der Waals surface area contributed by atoms with Gasteiger partial charge in [0.05, 0.1) is 19.3 Å². The van der Waals surface area contributed by atoms with Crippen LogP contribution in [0.4, 0.5) is 0 Å². The molecule has 0 spiro atoms. The van der Waals surface area contributed by atoms with Gasteiger partial charge in [0.2, 0.25) is 5.88 Å². The average Bonchev–Trinajstić information content (AvgIpc) is 3.25. The van der Waals surface area contributed by atoms with Crippen LogP contribution in [0.2, 0.25) is 0 Å². The normalized spacial score (nSPS) is 19.5. The fourth-order valence-electron chi connectivity index (χ4n) is 3.53. The van der Waals surface area contributed by atoms with Crippen molar-refractivity contribution in [3.63, 3.8) is 0 Å². The number of benzene rings is 1. The average molecular weight is 378 g/mol. The van der Waals surface area contributed by atoms with E-state index in [9.17, 15) is 9.90 Å². The monoisotopic (exact) mass is 378 g/mol. The van der Waals surface area contributed by atoms with E-state index < -0.39 is 0 Å². The first-order valence-corrected chi connectivity index (χ1v) is 9.22. The number of nitrogens with zero attached hydrogens (tertiary/aromatic N) is 2. The summed E-state index contributed by atoms with van der Waals surface area (Å²) in [6, 6.07) is 10.8. The summed E-state index contributed by atoms with van der Waals surface area (Å²) < 4.78 is 5.12. The highest BCUT2D eigenvalue weighted by atomic mass is 16.5. The van der Waals surface area contributed by atoms with E-state index in [2.05, 4.69) is 20.3 Å². The zero-order valence-corrected chi connectivity index (χ0v) is 15.5. The minimum Gasteiger partial charge on any atom is -0.481 e. The summed E-state index contributed by atoms with van der Waals surface area (Å²) in [4.78, 5) is 24.5. The summed E-state index contributed by atoms with van der Waals surface area (Å²) in [6.07, 6.45) is 6.14. The molecule has 0 saturated heterocycles. The molecule has 1 aliphatic carbocycles. The predicted molar refractivity (Wildman–Crippen MR) is 104 cm³/mol. The summed E-state index contributed by atoms with van der Waals surface area (Å²) in [7, 11) is 1.57. The van der Waals surface area contributed by atoms with E-state index in [0.29, 0.717) is 30.1 Å². The molecule has 2 heterocycles. The van der Waals surface area contributed by atoms with Crippen molar-refractivity contribution in [1.82, 2.24) is 20.3 Å². The molecule has 1 aromatic carbocycles. The molecule has 1 fully saturated rings. The number of aliphatic hydroxyl groups excluding tert-OH is 1. The van der Waals surface area contributed by atoms with Crippen molar-refractivity contribution in [2.75, 3.05) is 7.11 Å². The van der Waals surface area contributed by atoms with Gasteiger partial charge in [-0.15, -0.1) is 0 Å². The highest BCUT2D eigenvalue weighted by Crippen LogP contribution is 2.38. The van der Waals surface area contributed by atoms with E-state index in [4.69, 9.17) is 4.74 Å². The maximum Gasteiger partial charge on any atom is 0.251 e. The maximum atomic E-state index is 13.0. The number of pyridine rings is 1. The smallest absolute Gasteiger partial charge is 0.251 e. The van der Waals surface area contributed by atoms with E-state index in [-0.39, 0.29) is 24.0 Å². The molecule has 4 rings (SSSR count). The third-order valence-electron chi connectivity index (χ3n) is 5.13. The van der Waals surface area contributed by atoms with Crippen LogP contribution in [0.25, 0.3) is 11.4 Å². The number of aliphatic hydroxyl groups is 1. The second kappa shape index (κ2) is 7.82. The molecule has 1 aliphatic rings. The number of hydrogen-bond donors (Lipinski definition) is 3. The molecular formula is C21H22N4O3. The minimum atomic E-state index is -0.308. The number of aromatic nitrogens is 3. The fourth-order valence-corrected chi connectivity index (χ4v) is 3.53. The topological polar surface area (TPSA) is 100 Å². The van der Waals surface area contributed by atoms with Crippen molar-refractivity contribution in [1.29, 1.82) is 0 Å². The van der Waals surface area contributed by atoms with Crippen LogP contribution in [-0.4, -0.2) is 39.2 Å².